The summed E-state index contributed by atoms with van der Waals surface area (Å²) >= 11 is 0. The van der Waals surface area contributed by atoms with Crippen molar-refractivity contribution in [2.45, 2.75) is 44.6 Å². The maximum Gasteiger partial charge on any atom is 0.0622 e. The molecule has 0 saturated heterocycles. The number of benzene rings is 1. The van der Waals surface area contributed by atoms with Crippen LogP contribution in [0.5, 0.6) is 0 Å². The molecule has 106 valence electrons. The van der Waals surface area contributed by atoms with Gasteiger partial charge in [0.05, 0.1) is 6.61 Å². The molecule has 1 N–H and O–H groups in total. The van der Waals surface area contributed by atoms with E-state index in [1.165, 1.54) is 31.2 Å². The second-order valence-electron chi connectivity index (χ2n) is 5.60. The van der Waals surface area contributed by atoms with Crippen molar-refractivity contribution in [2.75, 3.05) is 20.3 Å². The molecule has 1 aliphatic rings. The van der Waals surface area contributed by atoms with Gasteiger partial charge >= 0.3 is 0 Å². The van der Waals surface area contributed by atoms with Crippen molar-refractivity contribution in [3.63, 3.8) is 0 Å². The Bertz CT molecular complexity index is 332. The SMILES string of the molecule is CNC(COCCCc1ccccc1)C1CCCC1. The van der Waals surface area contributed by atoms with Gasteiger partial charge in [0.1, 0.15) is 0 Å². The Morgan fingerprint density at radius 3 is 2.63 bits per heavy atom. The van der Waals surface area contributed by atoms with Gasteiger partial charge in [-0.25, -0.2) is 0 Å². The zero-order chi connectivity index (χ0) is 13.3. The smallest absolute Gasteiger partial charge is 0.0622 e. The fourth-order valence-corrected chi connectivity index (χ4v) is 3.05. The van der Waals surface area contributed by atoms with E-state index < -0.39 is 0 Å². The molecule has 0 spiro atoms. The molecule has 1 aromatic rings. The van der Waals surface area contributed by atoms with Gasteiger partial charge in [-0.05, 0) is 44.2 Å². The summed E-state index contributed by atoms with van der Waals surface area (Å²) in [7, 11) is 2.07. The minimum absolute atomic E-state index is 0.555. The number of hydrogen-bond donors (Lipinski definition) is 1. The maximum atomic E-state index is 5.86. The lowest BCUT2D eigenvalue weighted by Gasteiger charge is -2.22. The minimum atomic E-state index is 0.555. The van der Waals surface area contributed by atoms with E-state index in [1.54, 1.807) is 0 Å². The summed E-state index contributed by atoms with van der Waals surface area (Å²) in [6.45, 7) is 1.75. The highest BCUT2D eigenvalue weighted by molar-refractivity contribution is 5.14. The molecule has 0 aliphatic heterocycles. The summed E-state index contributed by atoms with van der Waals surface area (Å²) < 4.78 is 5.86. The van der Waals surface area contributed by atoms with E-state index >= 15 is 0 Å². The van der Waals surface area contributed by atoms with Crippen LogP contribution in [-0.4, -0.2) is 26.3 Å². The van der Waals surface area contributed by atoms with Crippen LogP contribution >= 0.6 is 0 Å². The number of ether oxygens (including phenoxy) is 1. The zero-order valence-electron chi connectivity index (χ0n) is 12.1. The molecule has 1 atom stereocenters. The molecule has 0 radical (unpaired) electrons. The third-order valence-electron chi connectivity index (χ3n) is 4.23. The third-order valence-corrected chi connectivity index (χ3v) is 4.23. The minimum Gasteiger partial charge on any atom is -0.380 e. The topological polar surface area (TPSA) is 21.3 Å². The second kappa shape index (κ2) is 8.34. The van der Waals surface area contributed by atoms with Crippen molar-refractivity contribution in [3.05, 3.63) is 35.9 Å². The predicted molar refractivity (Wildman–Crippen MR) is 80.4 cm³/mol. The van der Waals surface area contributed by atoms with E-state index in [0.29, 0.717) is 6.04 Å². The first-order chi connectivity index (χ1) is 9.40. The van der Waals surface area contributed by atoms with Gasteiger partial charge in [0.25, 0.3) is 0 Å². The molecule has 0 aromatic heterocycles. The van der Waals surface area contributed by atoms with E-state index in [0.717, 1.165) is 32.0 Å². The molecule has 0 amide bonds. The predicted octanol–water partition coefficient (Wildman–Crippen LogP) is 3.41. The Morgan fingerprint density at radius 1 is 1.21 bits per heavy atom. The van der Waals surface area contributed by atoms with Gasteiger partial charge in [-0.15, -0.1) is 0 Å². The zero-order valence-corrected chi connectivity index (χ0v) is 12.1. The normalized spacial score (nSPS) is 17.7. The largest absolute Gasteiger partial charge is 0.380 e. The van der Waals surface area contributed by atoms with Gasteiger partial charge in [0, 0.05) is 12.6 Å². The monoisotopic (exact) mass is 261 g/mol. The van der Waals surface area contributed by atoms with Gasteiger partial charge in [-0.1, -0.05) is 43.2 Å². The molecule has 2 heteroatoms. The molecule has 1 fully saturated rings. The van der Waals surface area contributed by atoms with Crippen LogP contribution in [-0.2, 0) is 11.2 Å². The number of rotatable bonds is 8. The van der Waals surface area contributed by atoms with Gasteiger partial charge in [0.15, 0.2) is 0 Å². The highest BCUT2D eigenvalue weighted by Gasteiger charge is 2.23. The quantitative estimate of drug-likeness (QED) is 0.724. The first kappa shape index (κ1) is 14.5. The molecular formula is C17H27NO. The molecule has 1 unspecified atom stereocenters. The summed E-state index contributed by atoms with van der Waals surface area (Å²) in [5.74, 6) is 0.833. The van der Waals surface area contributed by atoms with Crippen molar-refractivity contribution in [1.82, 2.24) is 5.32 Å². The van der Waals surface area contributed by atoms with E-state index in [2.05, 4.69) is 42.7 Å². The lowest BCUT2D eigenvalue weighted by Crippen LogP contribution is -2.36. The first-order valence-electron chi connectivity index (χ1n) is 7.69. The van der Waals surface area contributed by atoms with Gasteiger partial charge in [-0.2, -0.15) is 0 Å². The second-order valence-corrected chi connectivity index (χ2v) is 5.60. The number of aryl methyl sites for hydroxylation is 1. The number of likely N-dealkylation sites (N-methyl/N-ethyl adjacent to an activating group) is 1. The Kier molecular flexibility index (Phi) is 6.38. The fourth-order valence-electron chi connectivity index (χ4n) is 3.05. The van der Waals surface area contributed by atoms with Crippen LogP contribution in [0.1, 0.15) is 37.7 Å². The molecule has 1 aliphatic carbocycles. The molecule has 0 heterocycles. The van der Waals surface area contributed by atoms with Crippen LogP contribution in [0.15, 0.2) is 30.3 Å². The van der Waals surface area contributed by atoms with Crippen molar-refractivity contribution < 1.29 is 4.74 Å². The molecular weight excluding hydrogens is 234 g/mol. The molecule has 0 bridgehead atoms. The number of nitrogens with one attached hydrogen (secondary N) is 1. The van der Waals surface area contributed by atoms with Crippen molar-refractivity contribution in [2.24, 2.45) is 5.92 Å². The maximum absolute atomic E-state index is 5.86. The summed E-state index contributed by atoms with van der Waals surface area (Å²) in [5, 5.41) is 3.43. The summed E-state index contributed by atoms with van der Waals surface area (Å²) in [4.78, 5) is 0. The summed E-state index contributed by atoms with van der Waals surface area (Å²) in [6.07, 6.45) is 7.78. The van der Waals surface area contributed by atoms with E-state index in [9.17, 15) is 0 Å². The third kappa shape index (κ3) is 4.96. The number of hydrogen-bond acceptors (Lipinski definition) is 2. The summed E-state index contributed by atoms with van der Waals surface area (Å²) in [6, 6.07) is 11.2. The van der Waals surface area contributed by atoms with Crippen LogP contribution in [0.3, 0.4) is 0 Å². The highest BCUT2D eigenvalue weighted by atomic mass is 16.5. The van der Waals surface area contributed by atoms with Crippen LogP contribution < -0.4 is 5.32 Å². The van der Waals surface area contributed by atoms with Gasteiger partial charge < -0.3 is 10.1 Å². The molecule has 2 nitrogen and oxygen atoms in total. The Morgan fingerprint density at radius 2 is 1.95 bits per heavy atom. The average molecular weight is 261 g/mol. The highest BCUT2D eigenvalue weighted by Crippen LogP contribution is 2.27. The first-order valence-corrected chi connectivity index (χ1v) is 7.69. The van der Waals surface area contributed by atoms with E-state index in [4.69, 9.17) is 4.74 Å². The lowest BCUT2D eigenvalue weighted by molar-refractivity contribution is 0.0945. The molecule has 1 aromatic carbocycles. The standard InChI is InChI=1S/C17H27NO/c1-18-17(16-11-5-6-12-16)14-19-13-7-10-15-8-3-2-4-9-15/h2-4,8-9,16-18H,5-7,10-14H2,1H3. The Balaban J connectivity index is 1.58. The molecule has 1 saturated carbocycles. The average Bonchev–Trinajstić information content (AvgIpc) is 2.98. The Labute approximate surface area is 117 Å². The van der Waals surface area contributed by atoms with Crippen molar-refractivity contribution in [3.8, 4) is 0 Å². The lowest BCUT2D eigenvalue weighted by atomic mass is 9.99. The van der Waals surface area contributed by atoms with Crippen LogP contribution in [0.25, 0.3) is 0 Å². The summed E-state index contributed by atoms with van der Waals surface area (Å²) in [5.41, 5.74) is 1.41. The van der Waals surface area contributed by atoms with E-state index in [1.807, 2.05) is 0 Å². The molecule has 19 heavy (non-hydrogen) atoms. The van der Waals surface area contributed by atoms with Crippen molar-refractivity contribution >= 4 is 0 Å². The van der Waals surface area contributed by atoms with Crippen LogP contribution in [0, 0.1) is 5.92 Å². The van der Waals surface area contributed by atoms with Crippen LogP contribution in [0.2, 0.25) is 0 Å². The van der Waals surface area contributed by atoms with E-state index in [-0.39, 0.29) is 0 Å². The van der Waals surface area contributed by atoms with Crippen molar-refractivity contribution in [1.29, 1.82) is 0 Å². The Hall–Kier alpha value is -0.860. The van der Waals surface area contributed by atoms with Crippen LogP contribution in [0.4, 0.5) is 0 Å². The van der Waals surface area contributed by atoms with Gasteiger partial charge in [-0.3, -0.25) is 0 Å². The van der Waals surface area contributed by atoms with Gasteiger partial charge in [0.2, 0.25) is 0 Å². The molecule has 2 rings (SSSR count). The fraction of sp³-hybridized carbons (Fsp3) is 0.647.